The maximum atomic E-state index is 14.2. The number of halogens is 1. The molecule has 0 aliphatic heterocycles. The van der Waals surface area contributed by atoms with Gasteiger partial charge in [-0.3, -0.25) is 9.78 Å². The van der Waals surface area contributed by atoms with E-state index in [1.807, 2.05) is 0 Å². The lowest BCUT2D eigenvalue weighted by Crippen LogP contribution is -2.23. The van der Waals surface area contributed by atoms with Crippen LogP contribution in [0.2, 0.25) is 0 Å². The highest BCUT2D eigenvalue weighted by molar-refractivity contribution is 5.66. The average molecular weight is 326 g/mol. The Hall–Kier alpha value is -2.70. The first-order chi connectivity index (χ1) is 11.6. The Bertz CT molecular complexity index is 1080. The van der Waals surface area contributed by atoms with E-state index in [0.29, 0.717) is 23.0 Å². The standard InChI is InChI=1S/C17H15FN4O2/c18-13-3-4-22-15(13)11(10-5-9(10)8-1-2-8)6-14(21-22)12-7-19-17(24)20-16(12)23/h3-4,6-10H,1-2,5H2,(H2,19,20,23,24)/t9-,10+/m0/s1. The number of nitrogens with one attached hydrogen (secondary N) is 2. The second-order valence-corrected chi connectivity index (χ2v) is 6.77. The highest BCUT2D eigenvalue weighted by Gasteiger charge is 2.49. The van der Waals surface area contributed by atoms with Crippen molar-refractivity contribution in [2.75, 3.05) is 0 Å². The summed E-state index contributed by atoms with van der Waals surface area (Å²) in [5.74, 6) is 1.42. The average Bonchev–Trinajstić information content (AvgIpc) is 3.43. The molecule has 6 nitrogen and oxygen atoms in total. The number of H-pyrrole nitrogens is 2. The third-order valence-corrected chi connectivity index (χ3v) is 5.16. The molecule has 0 aromatic carbocycles. The van der Waals surface area contributed by atoms with Crippen molar-refractivity contribution in [3.8, 4) is 11.3 Å². The van der Waals surface area contributed by atoms with Gasteiger partial charge in [-0.2, -0.15) is 5.10 Å². The quantitative estimate of drug-likeness (QED) is 0.772. The van der Waals surface area contributed by atoms with E-state index in [4.69, 9.17) is 0 Å². The topological polar surface area (TPSA) is 83.0 Å². The molecule has 0 bridgehead atoms. The van der Waals surface area contributed by atoms with Crippen LogP contribution in [0.5, 0.6) is 0 Å². The maximum absolute atomic E-state index is 14.2. The second-order valence-electron chi connectivity index (χ2n) is 6.77. The second kappa shape index (κ2) is 4.66. The molecular formula is C17H15FN4O2. The monoisotopic (exact) mass is 326 g/mol. The summed E-state index contributed by atoms with van der Waals surface area (Å²) in [6.45, 7) is 0. The van der Waals surface area contributed by atoms with Gasteiger partial charge in [0.05, 0.1) is 11.3 Å². The predicted octanol–water partition coefficient (Wildman–Crippen LogP) is 2.03. The largest absolute Gasteiger partial charge is 0.325 e. The lowest BCUT2D eigenvalue weighted by atomic mass is 10.0. The van der Waals surface area contributed by atoms with Crippen molar-refractivity contribution in [1.29, 1.82) is 0 Å². The summed E-state index contributed by atoms with van der Waals surface area (Å²) in [7, 11) is 0. The van der Waals surface area contributed by atoms with Crippen molar-refractivity contribution in [3.05, 3.63) is 56.7 Å². The van der Waals surface area contributed by atoms with Crippen LogP contribution < -0.4 is 11.2 Å². The summed E-state index contributed by atoms with van der Waals surface area (Å²) in [4.78, 5) is 27.9. The zero-order valence-electron chi connectivity index (χ0n) is 12.8. The van der Waals surface area contributed by atoms with Crippen LogP contribution in [0.3, 0.4) is 0 Å². The summed E-state index contributed by atoms with van der Waals surface area (Å²) >= 11 is 0. The van der Waals surface area contributed by atoms with E-state index in [0.717, 1.165) is 17.9 Å². The smallest absolute Gasteiger partial charge is 0.313 e. The molecule has 3 heterocycles. The fraction of sp³-hybridized carbons (Fsp3) is 0.353. The van der Waals surface area contributed by atoms with Crippen molar-refractivity contribution >= 4 is 5.52 Å². The molecule has 2 fully saturated rings. The first-order valence-electron chi connectivity index (χ1n) is 8.12. The molecule has 5 rings (SSSR count). The van der Waals surface area contributed by atoms with Crippen molar-refractivity contribution < 1.29 is 4.39 Å². The molecule has 2 N–H and O–H groups in total. The molecule has 0 amide bonds. The first kappa shape index (κ1) is 13.7. The Morgan fingerprint density at radius 3 is 2.88 bits per heavy atom. The first-order valence-corrected chi connectivity index (χ1v) is 8.12. The van der Waals surface area contributed by atoms with Gasteiger partial charge in [-0.05, 0) is 54.7 Å². The van der Waals surface area contributed by atoms with Crippen LogP contribution in [0.4, 0.5) is 4.39 Å². The number of aromatic amines is 2. The number of hydrogen-bond donors (Lipinski definition) is 2. The molecule has 3 aromatic rings. The van der Waals surface area contributed by atoms with E-state index in [1.165, 1.54) is 29.6 Å². The van der Waals surface area contributed by atoms with E-state index < -0.39 is 11.2 Å². The van der Waals surface area contributed by atoms with Crippen LogP contribution in [0.15, 0.2) is 34.1 Å². The summed E-state index contributed by atoms with van der Waals surface area (Å²) in [5, 5.41) is 4.35. The zero-order valence-corrected chi connectivity index (χ0v) is 12.8. The molecular weight excluding hydrogens is 311 g/mol. The summed E-state index contributed by atoms with van der Waals surface area (Å²) in [6, 6.07) is 3.19. The van der Waals surface area contributed by atoms with Gasteiger partial charge >= 0.3 is 5.69 Å². The van der Waals surface area contributed by atoms with Gasteiger partial charge in [0.2, 0.25) is 0 Å². The summed E-state index contributed by atoms with van der Waals surface area (Å²) in [5.41, 5.74) is 1.05. The van der Waals surface area contributed by atoms with Gasteiger partial charge in [0.1, 0.15) is 5.52 Å². The zero-order chi connectivity index (χ0) is 16.4. The van der Waals surface area contributed by atoms with E-state index >= 15 is 0 Å². The Morgan fingerprint density at radius 1 is 1.29 bits per heavy atom. The Kier molecular flexibility index (Phi) is 2.66. The molecule has 2 aliphatic carbocycles. The van der Waals surface area contributed by atoms with Crippen LogP contribution in [0.25, 0.3) is 16.8 Å². The van der Waals surface area contributed by atoms with Gasteiger partial charge in [0, 0.05) is 12.4 Å². The molecule has 2 atom stereocenters. The van der Waals surface area contributed by atoms with Crippen LogP contribution in [0.1, 0.15) is 30.7 Å². The predicted molar refractivity (Wildman–Crippen MR) is 85.4 cm³/mol. The van der Waals surface area contributed by atoms with Gasteiger partial charge in [-0.15, -0.1) is 0 Å². The highest BCUT2D eigenvalue weighted by Crippen LogP contribution is 2.60. The lowest BCUT2D eigenvalue weighted by Gasteiger charge is -2.08. The molecule has 2 aliphatic rings. The molecule has 7 heteroatoms. The minimum Gasteiger partial charge on any atom is -0.313 e. The Morgan fingerprint density at radius 2 is 2.12 bits per heavy atom. The van der Waals surface area contributed by atoms with E-state index in [1.54, 1.807) is 12.3 Å². The fourth-order valence-electron chi connectivity index (χ4n) is 3.74. The van der Waals surface area contributed by atoms with Crippen LogP contribution in [-0.2, 0) is 0 Å². The minimum atomic E-state index is -0.562. The van der Waals surface area contributed by atoms with Crippen molar-refractivity contribution in [2.45, 2.75) is 25.2 Å². The Balaban J connectivity index is 1.70. The number of rotatable bonds is 3. The van der Waals surface area contributed by atoms with Crippen molar-refractivity contribution in [3.63, 3.8) is 0 Å². The molecule has 24 heavy (non-hydrogen) atoms. The molecule has 0 saturated heterocycles. The minimum absolute atomic E-state index is 0.274. The SMILES string of the molecule is O=c1[nH]cc(-c2cc([C@@H]3C[C@H]3C3CC3)c3c(F)ccn3n2)c(=O)[nH]1. The number of hydrogen-bond acceptors (Lipinski definition) is 3. The summed E-state index contributed by atoms with van der Waals surface area (Å²) < 4.78 is 15.7. The molecule has 3 aromatic heterocycles. The lowest BCUT2D eigenvalue weighted by molar-refractivity contribution is 0.635. The number of aromatic nitrogens is 4. The van der Waals surface area contributed by atoms with Crippen LogP contribution >= 0.6 is 0 Å². The fourth-order valence-corrected chi connectivity index (χ4v) is 3.74. The number of fused-ring (bicyclic) bond motifs is 1. The highest BCUT2D eigenvalue weighted by atomic mass is 19.1. The maximum Gasteiger partial charge on any atom is 0.325 e. The molecule has 2 saturated carbocycles. The van der Waals surface area contributed by atoms with Crippen LogP contribution in [0, 0.1) is 17.7 Å². The number of nitrogens with zero attached hydrogens (tertiary/aromatic N) is 2. The third kappa shape index (κ3) is 2.04. The van der Waals surface area contributed by atoms with Gasteiger partial charge in [0.25, 0.3) is 5.56 Å². The molecule has 0 unspecified atom stereocenters. The summed E-state index contributed by atoms with van der Waals surface area (Å²) in [6.07, 6.45) is 6.50. The van der Waals surface area contributed by atoms with Gasteiger partial charge in [-0.25, -0.2) is 13.7 Å². The normalized spacial score (nSPS) is 22.9. The van der Waals surface area contributed by atoms with E-state index in [9.17, 15) is 14.0 Å². The third-order valence-electron chi connectivity index (χ3n) is 5.16. The Labute approximate surface area is 135 Å². The molecule has 122 valence electrons. The van der Waals surface area contributed by atoms with Gasteiger partial charge < -0.3 is 4.98 Å². The molecule has 0 spiro atoms. The van der Waals surface area contributed by atoms with E-state index in [-0.39, 0.29) is 11.4 Å². The van der Waals surface area contributed by atoms with Crippen molar-refractivity contribution in [1.82, 2.24) is 19.6 Å². The van der Waals surface area contributed by atoms with Crippen molar-refractivity contribution in [2.24, 2.45) is 11.8 Å². The van der Waals surface area contributed by atoms with Gasteiger partial charge in [-0.1, -0.05) is 0 Å². The van der Waals surface area contributed by atoms with E-state index in [2.05, 4.69) is 15.1 Å². The van der Waals surface area contributed by atoms with Crippen LogP contribution in [-0.4, -0.2) is 19.6 Å². The molecule has 0 radical (unpaired) electrons. The van der Waals surface area contributed by atoms with Gasteiger partial charge in [0.15, 0.2) is 5.82 Å².